The number of rotatable bonds is 6. The molecule has 3 amide bonds. The van der Waals surface area contributed by atoms with E-state index in [0.717, 1.165) is 27.8 Å². The van der Waals surface area contributed by atoms with Crippen LogP contribution in [0.3, 0.4) is 0 Å². The predicted molar refractivity (Wildman–Crippen MR) is 121 cm³/mol. The second kappa shape index (κ2) is 8.71. The third-order valence-corrected chi connectivity index (χ3v) is 5.15. The van der Waals surface area contributed by atoms with Crippen molar-refractivity contribution in [1.29, 1.82) is 0 Å². The van der Waals surface area contributed by atoms with Gasteiger partial charge in [0.05, 0.1) is 23.5 Å². The van der Waals surface area contributed by atoms with Crippen LogP contribution in [0.2, 0.25) is 0 Å². The molecule has 0 saturated carbocycles. The molecule has 4 aromatic rings. The zero-order valence-corrected chi connectivity index (χ0v) is 17.1. The topological polar surface area (TPSA) is 102 Å². The van der Waals surface area contributed by atoms with E-state index < -0.39 is 12.1 Å². The summed E-state index contributed by atoms with van der Waals surface area (Å²) in [4.78, 5) is 28.5. The number of aromatic nitrogens is 2. The number of fused-ring (bicyclic) bond motifs is 1. The van der Waals surface area contributed by atoms with Gasteiger partial charge in [0.25, 0.3) is 0 Å². The average molecular weight is 413 g/mol. The van der Waals surface area contributed by atoms with E-state index in [1.54, 1.807) is 6.33 Å². The summed E-state index contributed by atoms with van der Waals surface area (Å²) in [6.45, 7) is 1.93. The lowest BCUT2D eigenvalue weighted by Crippen LogP contribution is -2.35. The van der Waals surface area contributed by atoms with Crippen molar-refractivity contribution in [2.45, 2.75) is 19.4 Å². The van der Waals surface area contributed by atoms with Crippen LogP contribution in [0.4, 0.5) is 10.5 Å². The number of nitrogens with two attached hydrogens (primary N) is 1. The van der Waals surface area contributed by atoms with E-state index in [2.05, 4.69) is 15.6 Å². The number of carbonyl (C=O) groups is 2. The fourth-order valence-corrected chi connectivity index (χ4v) is 3.66. The number of primary amides is 1. The molecule has 0 bridgehead atoms. The van der Waals surface area contributed by atoms with Gasteiger partial charge in [-0.2, -0.15) is 0 Å². The Balaban J connectivity index is 1.47. The first-order valence-corrected chi connectivity index (χ1v) is 9.95. The van der Waals surface area contributed by atoms with Crippen LogP contribution in [0.25, 0.3) is 16.7 Å². The van der Waals surface area contributed by atoms with E-state index in [1.165, 1.54) is 0 Å². The molecule has 4 rings (SSSR count). The summed E-state index contributed by atoms with van der Waals surface area (Å²) >= 11 is 0. The Labute approximate surface area is 179 Å². The van der Waals surface area contributed by atoms with Crippen LogP contribution in [0.5, 0.6) is 0 Å². The molecule has 156 valence electrons. The molecule has 7 heteroatoms. The van der Waals surface area contributed by atoms with Gasteiger partial charge >= 0.3 is 6.03 Å². The zero-order chi connectivity index (χ0) is 21.8. The highest BCUT2D eigenvalue weighted by Crippen LogP contribution is 2.23. The number of anilines is 1. The smallest absolute Gasteiger partial charge is 0.312 e. The SMILES string of the molecule is Cc1ccccc1[C@H](CC(=O)Nc1ccc(-n2cnc3ccccc32)cc1)NC(N)=O. The molecular weight excluding hydrogens is 390 g/mol. The molecule has 0 saturated heterocycles. The summed E-state index contributed by atoms with van der Waals surface area (Å²) in [5.41, 5.74) is 10.7. The molecule has 3 aromatic carbocycles. The summed E-state index contributed by atoms with van der Waals surface area (Å²) in [6, 6.07) is 21.8. The van der Waals surface area contributed by atoms with Crippen molar-refractivity contribution in [2.75, 3.05) is 5.32 Å². The van der Waals surface area contributed by atoms with Crippen molar-refractivity contribution in [3.8, 4) is 5.69 Å². The maximum absolute atomic E-state index is 12.7. The highest BCUT2D eigenvalue weighted by molar-refractivity contribution is 5.91. The highest BCUT2D eigenvalue weighted by Gasteiger charge is 2.19. The molecule has 0 aliphatic heterocycles. The van der Waals surface area contributed by atoms with E-state index in [1.807, 2.05) is 84.3 Å². The molecule has 0 spiro atoms. The summed E-state index contributed by atoms with van der Waals surface area (Å²) in [7, 11) is 0. The number of aryl methyl sites for hydroxylation is 1. The van der Waals surface area contributed by atoms with Gasteiger partial charge in [-0.05, 0) is 54.4 Å². The van der Waals surface area contributed by atoms with Crippen molar-refractivity contribution >= 4 is 28.7 Å². The number of imidazole rings is 1. The maximum Gasteiger partial charge on any atom is 0.312 e. The van der Waals surface area contributed by atoms with Gasteiger partial charge in [-0.25, -0.2) is 9.78 Å². The second-order valence-corrected chi connectivity index (χ2v) is 7.32. The van der Waals surface area contributed by atoms with Gasteiger partial charge < -0.3 is 16.4 Å². The molecule has 1 heterocycles. The first kappa shape index (κ1) is 20.2. The van der Waals surface area contributed by atoms with Crippen molar-refractivity contribution in [1.82, 2.24) is 14.9 Å². The Hall–Kier alpha value is -4.13. The molecule has 0 fully saturated rings. The number of hydrogen-bond acceptors (Lipinski definition) is 3. The molecule has 1 aromatic heterocycles. The molecule has 0 radical (unpaired) electrons. The van der Waals surface area contributed by atoms with Crippen LogP contribution in [-0.2, 0) is 4.79 Å². The van der Waals surface area contributed by atoms with E-state index in [9.17, 15) is 9.59 Å². The van der Waals surface area contributed by atoms with Gasteiger partial charge in [-0.1, -0.05) is 36.4 Å². The maximum atomic E-state index is 12.7. The Morgan fingerprint density at radius 3 is 2.45 bits per heavy atom. The Kier molecular flexibility index (Phi) is 5.66. The van der Waals surface area contributed by atoms with Gasteiger partial charge in [0.2, 0.25) is 5.91 Å². The largest absolute Gasteiger partial charge is 0.352 e. The van der Waals surface area contributed by atoms with E-state index in [-0.39, 0.29) is 12.3 Å². The van der Waals surface area contributed by atoms with Crippen molar-refractivity contribution in [3.05, 3.63) is 90.3 Å². The Morgan fingerprint density at radius 1 is 1.00 bits per heavy atom. The van der Waals surface area contributed by atoms with Gasteiger partial charge in [0.1, 0.15) is 6.33 Å². The van der Waals surface area contributed by atoms with E-state index >= 15 is 0 Å². The zero-order valence-electron chi connectivity index (χ0n) is 17.1. The van der Waals surface area contributed by atoms with Gasteiger partial charge in [0.15, 0.2) is 0 Å². The lowest BCUT2D eigenvalue weighted by Gasteiger charge is -2.19. The fraction of sp³-hybridized carbons (Fsp3) is 0.125. The lowest BCUT2D eigenvalue weighted by atomic mass is 9.98. The van der Waals surface area contributed by atoms with E-state index in [0.29, 0.717) is 5.69 Å². The third-order valence-electron chi connectivity index (χ3n) is 5.15. The Morgan fingerprint density at radius 2 is 1.71 bits per heavy atom. The molecule has 7 nitrogen and oxygen atoms in total. The first-order chi connectivity index (χ1) is 15.0. The first-order valence-electron chi connectivity index (χ1n) is 9.95. The number of benzene rings is 3. The van der Waals surface area contributed by atoms with Crippen LogP contribution in [0.15, 0.2) is 79.1 Å². The number of para-hydroxylation sites is 2. The molecular formula is C24H23N5O2. The number of hydrogen-bond donors (Lipinski definition) is 3. The van der Waals surface area contributed by atoms with Crippen LogP contribution in [0, 0.1) is 6.92 Å². The van der Waals surface area contributed by atoms with Gasteiger partial charge in [-0.3, -0.25) is 9.36 Å². The number of urea groups is 1. The minimum absolute atomic E-state index is 0.0711. The van der Waals surface area contributed by atoms with Crippen LogP contribution >= 0.6 is 0 Å². The monoisotopic (exact) mass is 413 g/mol. The summed E-state index contributed by atoms with van der Waals surface area (Å²) in [6.07, 6.45) is 1.85. The van der Waals surface area contributed by atoms with Crippen molar-refractivity contribution < 1.29 is 9.59 Å². The second-order valence-electron chi connectivity index (χ2n) is 7.32. The summed E-state index contributed by atoms with van der Waals surface area (Å²) in [5.74, 6) is -0.220. The fourth-order valence-electron chi connectivity index (χ4n) is 3.66. The average Bonchev–Trinajstić information content (AvgIpc) is 3.18. The normalized spacial score (nSPS) is 11.8. The summed E-state index contributed by atoms with van der Waals surface area (Å²) < 4.78 is 1.99. The molecule has 4 N–H and O–H groups in total. The molecule has 0 aliphatic carbocycles. The molecule has 0 aliphatic rings. The summed E-state index contributed by atoms with van der Waals surface area (Å²) in [5, 5.41) is 5.55. The van der Waals surface area contributed by atoms with Crippen LogP contribution in [0.1, 0.15) is 23.6 Å². The third kappa shape index (κ3) is 4.56. The minimum Gasteiger partial charge on any atom is -0.352 e. The number of carbonyl (C=O) groups excluding carboxylic acids is 2. The molecule has 1 atom stereocenters. The van der Waals surface area contributed by atoms with E-state index in [4.69, 9.17) is 5.73 Å². The van der Waals surface area contributed by atoms with Crippen molar-refractivity contribution in [3.63, 3.8) is 0 Å². The van der Waals surface area contributed by atoms with Gasteiger partial charge in [0, 0.05) is 11.4 Å². The number of nitrogens with one attached hydrogen (secondary N) is 2. The Bertz CT molecular complexity index is 1230. The predicted octanol–water partition coefficient (Wildman–Crippen LogP) is 4.07. The minimum atomic E-state index is -0.669. The molecule has 31 heavy (non-hydrogen) atoms. The highest BCUT2D eigenvalue weighted by atomic mass is 16.2. The van der Waals surface area contributed by atoms with Crippen LogP contribution in [-0.4, -0.2) is 21.5 Å². The van der Waals surface area contributed by atoms with Crippen molar-refractivity contribution in [2.24, 2.45) is 5.73 Å². The van der Waals surface area contributed by atoms with Crippen LogP contribution < -0.4 is 16.4 Å². The lowest BCUT2D eigenvalue weighted by molar-refractivity contribution is -0.116. The van der Waals surface area contributed by atoms with Gasteiger partial charge in [-0.15, -0.1) is 0 Å². The number of amides is 3. The quantitative estimate of drug-likeness (QED) is 0.444. The molecule has 0 unspecified atom stereocenters. The number of nitrogens with zero attached hydrogens (tertiary/aromatic N) is 2. The standard InChI is InChI=1S/C24H23N5O2/c1-16-6-2-3-7-19(16)21(28-24(25)31)14-23(30)27-17-10-12-18(13-11-17)29-15-26-20-8-4-5-9-22(20)29/h2-13,15,21H,14H2,1H3,(H,27,30)(H3,25,28,31)/t21-/m0/s1.